The Hall–Kier alpha value is -2.22. The molecule has 0 fully saturated rings. The van der Waals surface area contributed by atoms with E-state index in [1.54, 1.807) is 32.9 Å². The molecule has 156 valence electrons. The summed E-state index contributed by atoms with van der Waals surface area (Å²) in [5.41, 5.74) is 0.789. The predicted octanol–water partition coefficient (Wildman–Crippen LogP) is 4.02. The van der Waals surface area contributed by atoms with Gasteiger partial charge in [-0.15, -0.1) is 0 Å². The van der Waals surface area contributed by atoms with Gasteiger partial charge in [0, 0.05) is 11.1 Å². The number of ketones is 1. The molecule has 2 aromatic rings. The molecule has 0 saturated heterocycles. The third kappa shape index (κ3) is 6.39. The number of Topliss-reactive ketones (excluding diaryl/α,β-unsaturated/α-hetero) is 1. The van der Waals surface area contributed by atoms with E-state index in [1.807, 2.05) is 19.1 Å². The van der Waals surface area contributed by atoms with Gasteiger partial charge in [-0.1, -0.05) is 42.8 Å². The number of esters is 1. The van der Waals surface area contributed by atoms with Crippen molar-refractivity contribution >= 4 is 33.4 Å². The maximum atomic E-state index is 12.5. The Bertz CT molecular complexity index is 1010. The predicted molar refractivity (Wildman–Crippen MR) is 112 cm³/mol. The zero-order valence-electron chi connectivity index (χ0n) is 16.8. The zero-order valence-corrected chi connectivity index (χ0v) is 18.4. The summed E-state index contributed by atoms with van der Waals surface area (Å²) in [7, 11) is -3.94. The lowest BCUT2D eigenvalue weighted by Gasteiger charge is -2.21. The molecule has 0 bridgehead atoms. The van der Waals surface area contributed by atoms with Crippen molar-refractivity contribution in [3.05, 3.63) is 64.2 Å². The summed E-state index contributed by atoms with van der Waals surface area (Å²) in [4.78, 5) is 24.3. The van der Waals surface area contributed by atoms with Gasteiger partial charge in [-0.05, 0) is 51.0 Å². The number of halogens is 1. The second kappa shape index (κ2) is 9.07. The van der Waals surface area contributed by atoms with Gasteiger partial charge >= 0.3 is 5.97 Å². The number of hydrogen-bond acceptors (Lipinski definition) is 5. The maximum Gasteiger partial charge on any atom is 0.338 e. The minimum atomic E-state index is -3.94. The van der Waals surface area contributed by atoms with Crippen LogP contribution in [-0.4, -0.2) is 32.3 Å². The van der Waals surface area contributed by atoms with E-state index < -0.39 is 28.1 Å². The first-order valence-corrected chi connectivity index (χ1v) is 10.9. The van der Waals surface area contributed by atoms with Crippen LogP contribution in [-0.2, 0) is 21.2 Å². The van der Waals surface area contributed by atoms with Crippen molar-refractivity contribution in [2.45, 2.75) is 44.6 Å². The molecule has 0 radical (unpaired) electrons. The largest absolute Gasteiger partial charge is 0.454 e. The first-order chi connectivity index (χ1) is 13.4. The van der Waals surface area contributed by atoms with Gasteiger partial charge in [0.2, 0.25) is 10.0 Å². The number of nitrogens with one attached hydrogen (secondary N) is 1. The lowest BCUT2D eigenvalue weighted by atomic mass is 10.1. The van der Waals surface area contributed by atoms with Crippen LogP contribution in [0.2, 0.25) is 5.02 Å². The minimum absolute atomic E-state index is 0.0159. The minimum Gasteiger partial charge on any atom is -0.454 e. The summed E-state index contributed by atoms with van der Waals surface area (Å²) in [6.07, 6.45) is 0.856. The highest BCUT2D eigenvalue weighted by Crippen LogP contribution is 2.24. The van der Waals surface area contributed by atoms with Crippen LogP contribution in [0.1, 0.15) is 54.0 Å². The molecule has 0 unspecified atom stereocenters. The number of rotatable bonds is 7. The second-order valence-electron chi connectivity index (χ2n) is 7.55. The number of carbonyl (C=O) groups is 2. The monoisotopic (exact) mass is 437 g/mol. The third-order valence-corrected chi connectivity index (χ3v) is 6.16. The van der Waals surface area contributed by atoms with Crippen LogP contribution in [0, 0.1) is 0 Å². The van der Waals surface area contributed by atoms with Crippen LogP contribution in [0.15, 0.2) is 47.4 Å². The van der Waals surface area contributed by atoms with Crippen molar-refractivity contribution in [3.8, 4) is 0 Å². The van der Waals surface area contributed by atoms with Crippen LogP contribution in [0.25, 0.3) is 0 Å². The molecule has 1 N–H and O–H groups in total. The number of ether oxygens (including phenoxy) is 1. The standard InChI is InChI=1S/C21H24ClNO5S/c1-5-14-6-8-15(9-7-14)18(24)13-28-20(25)16-10-11-17(22)19(12-16)29(26,27)23-21(2,3)4/h6-12,23H,5,13H2,1-4H3. The summed E-state index contributed by atoms with van der Waals surface area (Å²) < 4.78 is 32.6. The van der Waals surface area contributed by atoms with Crippen LogP contribution in [0.4, 0.5) is 0 Å². The van der Waals surface area contributed by atoms with Crippen LogP contribution in [0.3, 0.4) is 0 Å². The quantitative estimate of drug-likeness (QED) is 0.522. The Labute approximate surface area is 176 Å². The molecule has 2 aromatic carbocycles. The summed E-state index contributed by atoms with van der Waals surface area (Å²) in [6, 6.07) is 10.8. The highest BCUT2D eigenvalue weighted by atomic mass is 35.5. The number of sulfonamides is 1. The molecule has 8 heteroatoms. The van der Waals surface area contributed by atoms with Crippen molar-refractivity contribution in [2.24, 2.45) is 0 Å². The van der Waals surface area contributed by atoms with Gasteiger partial charge in [0.25, 0.3) is 0 Å². The van der Waals surface area contributed by atoms with Crippen LogP contribution >= 0.6 is 11.6 Å². The summed E-state index contributed by atoms with van der Waals surface area (Å²) in [6.45, 7) is 6.63. The third-order valence-electron chi connectivity index (χ3n) is 3.92. The fourth-order valence-electron chi connectivity index (χ4n) is 2.52. The molecular formula is C21H24ClNO5S. The molecular weight excluding hydrogens is 414 g/mol. The number of benzene rings is 2. The Balaban J connectivity index is 2.14. The average molecular weight is 438 g/mol. The van der Waals surface area contributed by atoms with Crippen molar-refractivity contribution in [1.29, 1.82) is 0 Å². The van der Waals surface area contributed by atoms with Gasteiger partial charge in [0.15, 0.2) is 12.4 Å². The first-order valence-electron chi connectivity index (χ1n) is 9.06. The smallest absolute Gasteiger partial charge is 0.338 e. The van der Waals surface area contributed by atoms with E-state index in [9.17, 15) is 18.0 Å². The maximum absolute atomic E-state index is 12.5. The fourth-order valence-corrected chi connectivity index (χ4v) is 4.46. The molecule has 0 atom stereocenters. The van der Waals surface area contributed by atoms with Gasteiger partial charge in [-0.3, -0.25) is 4.79 Å². The molecule has 0 aromatic heterocycles. The SMILES string of the molecule is CCc1ccc(C(=O)COC(=O)c2ccc(Cl)c(S(=O)(=O)NC(C)(C)C)c2)cc1. The van der Waals surface area contributed by atoms with Crippen LogP contribution in [0.5, 0.6) is 0 Å². The molecule has 2 rings (SSSR count). The molecule has 0 aliphatic rings. The van der Waals surface area contributed by atoms with E-state index in [0.717, 1.165) is 18.1 Å². The van der Waals surface area contributed by atoms with E-state index in [0.29, 0.717) is 5.56 Å². The molecule has 0 aliphatic carbocycles. The summed E-state index contributed by atoms with van der Waals surface area (Å²) in [5.74, 6) is -1.16. The van der Waals surface area contributed by atoms with E-state index in [2.05, 4.69) is 4.72 Å². The van der Waals surface area contributed by atoms with Gasteiger partial charge in [-0.25, -0.2) is 17.9 Å². The molecule has 0 aliphatic heterocycles. The zero-order chi connectivity index (χ0) is 21.8. The van der Waals surface area contributed by atoms with E-state index in [1.165, 1.54) is 12.1 Å². The van der Waals surface area contributed by atoms with E-state index in [-0.39, 0.29) is 21.3 Å². The number of carbonyl (C=O) groups excluding carboxylic acids is 2. The van der Waals surface area contributed by atoms with Crippen molar-refractivity contribution < 1.29 is 22.7 Å². The van der Waals surface area contributed by atoms with Crippen molar-refractivity contribution in [3.63, 3.8) is 0 Å². The number of aryl methyl sites for hydroxylation is 1. The van der Waals surface area contributed by atoms with Crippen LogP contribution < -0.4 is 4.72 Å². The topological polar surface area (TPSA) is 89.5 Å². The van der Waals surface area contributed by atoms with E-state index in [4.69, 9.17) is 16.3 Å². The average Bonchev–Trinajstić information content (AvgIpc) is 2.64. The number of hydrogen-bond donors (Lipinski definition) is 1. The second-order valence-corrected chi connectivity index (χ2v) is 9.61. The molecule has 0 heterocycles. The summed E-state index contributed by atoms with van der Waals surface area (Å²) in [5, 5.41) is -0.0228. The van der Waals surface area contributed by atoms with Gasteiger partial charge < -0.3 is 4.74 Å². The lowest BCUT2D eigenvalue weighted by molar-refractivity contribution is 0.0474. The molecule has 0 amide bonds. The first kappa shape index (κ1) is 23.1. The molecule has 0 saturated carbocycles. The van der Waals surface area contributed by atoms with Gasteiger partial charge in [0.05, 0.1) is 10.6 Å². The Morgan fingerprint density at radius 3 is 2.17 bits per heavy atom. The highest BCUT2D eigenvalue weighted by Gasteiger charge is 2.25. The van der Waals surface area contributed by atoms with Gasteiger partial charge in [0.1, 0.15) is 4.90 Å². The molecule has 6 nitrogen and oxygen atoms in total. The van der Waals surface area contributed by atoms with E-state index >= 15 is 0 Å². The van der Waals surface area contributed by atoms with Crippen molar-refractivity contribution in [1.82, 2.24) is 4.72 Å². The Kier molecular flexibility index (Phi) is 7.21. The Morgan fingerprint density at radius 1 is 1.03 bits per heavy atom. The molecule has 29 heavy (non-hydrogen) atoms. The van der Waals surface area contributed by atoms with Gasteiger partial charge in [-0.2, -0.15) is 0 Å². The summed E-state index contributed by atoms with van der Waals surface area (Å²) >= 11 is 6.02. The lowest BCUT2D eigenvalue weighted by Crippen LogP contribution is -2.40. The molecule has 0 spiro atoms. The Morgan fingerprint density at radius 2 is 1.62 bits per heavy atom. The highest BCUT2D eigenvalue weighted by molar-refractivity contribution is 7.89. The van der Waals surface area contributed by atoms with Crippen molar-refractivity contribution in [2.75, 3.05) is 6.61 Å². The normalized spacial score (nSPS) is 11.9. The fraction of sp³-hybridized carbons (Fsp3) is 0.333.